The van der Waals surface area contributed by atoms with Crippen LogP contribution in [0.3, 0.4) is 0 Å². The highest BCUT2D eigenvalue weighted by atomic mass is 127. The van der Waals surface area contributed by atoms with Gasteiger partial charge >= 0.3 is 0 Å². The first-order valence-corrected chi connectivity index (χ1v) is 10.5. The first-order valence-electron chi connectivity index (χ1n) is 10.5. The Labute approximate surface area is 196 Å². The second-order valence-corrected chi connectivity index (χ2v) is 7.51. The van der Waals surface area contributed by atoms with E-state index in [1.807, 2.05) is 19.1 Å². The summed E-state index contributed by atoms with van der Waals surface area (Å²) in [5.41, 5.74) is 3.10. The van der Waals surface area contributed by atoms with Crippen molar-refractivity contribution in [2.24, 2.45) is 4.99 Å². The Hall–Kier alpha value is -1.87. The van der Waals surface area contributed by atoms with Gasteiger partial charge in [0, 0.05) is 31.0 Å². The number of aryl methyl sites for hydroxylation is 1. The maximum absolute atomic E-state index is 10.4. The molecule has 0 amide bonds. The fourth-order valence-electron chi connectivity index (χ4n) is 3.49. The monoisotopic (exact) mass is 524 g/mol. The largest absolute Gasteiger partial charge is 0.490 e. The molecule has 1 atom stereocenters. The van der Waals surface area contributed by atoms with Crippen molar-refractivity contribution in [2.45, 2.75) is 58.3 Å². The van der Waals surface area contributed by atoms with Gasteiger partial charge in [-0.2, -0.15) is 0 Å². The van der Waals surface area contributed by atoms with Crippen LogP contribution in [0.25, 0.3) is 0 Å². The lowest BCUT2D eigenvalue weighted by Crippen LogP contribution is -2.39. The minimum absolute atomic E-state index is 0. The SMILES string of the molecule is CCNC(=NCc1ccc(C)cc1OC1CCCC1)NCC(O)c1ccncc1.I. The number of aliphatic imine (C=N–C) groups is 1. The zero-order chi connectivity index (χ0) is 20.5. The van der Waals surface area contributed by atoms with Crippen molar-refractivity contribution in [3.8, 4) is 5.75 Å². The molecule has 1 saturated carbocycles. The number of nitrogens with one attached hydrogen (secondary N) is 2. The number of rotatable bonds is 8. The highest BCUT2D eigenvalue weighted by Crippen LogP contribution is 2.28. The second-order valence-electron chi connectivity index (χ2n) is 7.51. The lowest BCUT2D eigenvalue weighted by Gasteiger charge is -2.18. The molecule has 164 valence electrons. The summed E-state index contributed by atoms with van der Waals surface area (Å²) in [7, 11) is 0. The van der Waals surface area contributed by atoms with E-state index in [0.29, 0.717) is 25.2 Å². The van der Waals surface area contributed by atoms with Crippen LogP contribution in [0.4, 0.5) is 0 Å². The van der Waals surface area contributed by atoms with Gasteiger partial charge in [-0.25, -0.2) is 4.99 Å². The van der Waals surface area contributed by atoms with Crippen molar-refractivity contribution < 1.29 is 9.84 Å². The van der Waals surface area contributed by atoms with E-state index in [1.54, 1.807) is 12.4 Å². The summed E-state index contributed by atoms with van der Waals surface area (Å²) < 4.78 is 6.28. The van der Waals surface area contributed by atoms with Gasteiger partial charge in [0.1, 0.15) is 5.75 Å². The van der Waals surface area contributed by atoms with Gasteiger partial charge in [-0.3, -0.25) is 4.98 Å². The molecule has 1 fully saturated rings. The molecule has 0 bridgehead atoms. The minimum Gasteiger partial charge on any atom is -0.490 e. The number of aromatic nitrogens is 1. The smallest absolute Gasteiger partial charge is 0.191 e. The van der Waals surface area contributed by atoms with Crippen LogP contribution >= 0.6 is 24.0 Å². The first kappa shape index (κ1) is 24.4. The van der Waals surface area contributed by atoms with Gasteiger partial charge in [0.25, 0.3) is 0 Å². The summed E-state index contributed by atoms with van der Waals surface area (Å²) in [6.45, 7) is 5.74. The number of benzene rings is 1. The maximum Gasteiger partial charge on any atom is 0.191 e. The number of hydrogen-bond donors (Lipinski definition) is 3. The molecule has 0 saturated heterocycles. The molecule has 0 spiro atoms. The molecule has 1 unspecified atom stereocenters. The molecule has 0 aliphatic heterocycles. The zero-order valence-electron chi connectivity index (χ0n) is 17.8. The van der Waals surface area contributed by atoms with Crippen LogP contribution in [0.5, 0.6) is 5.75 Å². The van der Waals surface area contributed by atoms with Crippen molar-refractivity contribution in [1.29, 1.82) is 0 Å². The molecule has 3 N–H and O–H groups in total. The molecule has 1 aromatic heterocycles. The number of aliphatic hydroxyl groups excluding tert-OH is 1. The fraction of sp³-hybridized carbons (Fsp3) is 0.478. The molecule has 7 heteroatoms. The quantitative estimate of drug-likeness (QED) is 0.275. The van der Waals surface area contributed by atoms with E-state index >= 15 is 0 Å². The third-order valence-corrected chi connectivity index (χ3v) is 5.12. The van der Waals surface area contributed by atoms with Crippen LogP contribution in [-0.4, -0.2) is 35.2 Å². The Morgan fingerprint density at radius 2 is 1.93 bits per heavy atom. The molecule has 2 aromatic rings. The Bertz CT molecular complexity index is 795. The van der Waals surface area contributed by atoms with E-state index in [2.05, 4.69) is 40.7 Å². The highest BCUT2D eigenvalue weighted by Gasteiger charge is 2.18. The average Bonchev–Trinajstić information content (AvgIpc) is 3.24. The van der Waals surface area contributed by atoms with Gasteiger partial charge in [0.2, 0.25) is 0 Å². The van der Waals surface area contributed by atoms with Gasteiger partial charge in [0.15, 0.2) is 5.96 Å². The predicted octanol–water partition coefficient (Wildman–Crippen LogP) is 4.12. The second kappa shape index (κ2) is 12.7. The van der Waals surface area contributed by atoms with E-state index in [1.165, 1.54) is 18.4 Å². The van der Waals surface area contributed by atoms with Crippen LogP contribution in [0.15, 0.2) is 47.7 Å². The van der Waals surface area contributed by atoms with E-state index in [9.17, 15) is 5.11 Å². The molecule has 0 radical (unpaired) electrons. The lowest BCUT2D eigenvalue weighted by atomic mass is 10.1. The van der Waals surface area contributed by atoms with E-state index in [-0.39, 0.29) is 24.0 Å². The topological polar surface area (TPSA) is 78.8 Å². The molecule has 1 aromatic carbocycles. The number of pyridine rings is 1. The number of halogens is 1. The van der Waals surface area contributed by atoms with Crippen molar-refractivity contribution in [3.63, 3.8) is 0 Å². The van der Waals surface area contributed by atoms with E-state index < -0.39 is 6.10 Å². The number of hydrogen-bond acceptors (Lipinski definition) is 4. The van der Waals surface area contributed by atoms with Gasteiger partial charge in [-0.15, -0.1) is 24.0 Å². The number of ether oxygens (including phenoxy) is 1. The Morgan fingerprint density at radius 1 is 1.20 bits per heavy atom. The highest BCUT2D eigenvalue weighted by molar-refractivity contribution is 14.0. The van der Waals surface area contributed by atoms with E-state index in [0.717, 1.165) is 36.3 Å². The summed E-state index contributed by atoms with van der Waals surface area (Å²) in [5, 5.41) is 16.8. The Kier molecular flexibility index (Phi) is 10.4. The summed E-state index contributed by atoms with van der Waals surface area (Å²) in [6.07, 6.45) is 7.82. The van der Waals surface area contributed by atoms with Crippen molar-refractivity contribution >= 4 is 29.9 Å². The van der Waals surface area contributed by atoms with Gasteiger partial charge in [-0.1, -0.05) is 12.1 Å². The zero-order valence-corrected chi connectivity index (χ0v) is 20.1. The summed E-state index contributed by atoms with van der Waals surface area (Å²) >= 11 is 0. The van der Waals surface area contributed by atoms with Crippen LogP contribution < -0.4 is 15.4 Å². The molecular formula is C23H33IN4O2. The Balaban J connectivity index is 0.00000320. The summed E-state index contributed by atoms with van der Waals surface area (Å²) in [6, 6.07) is 9.93. The number of aliphatic hydroxyl groups is 1. The van der Waals surface area contributed by atoms with Gasteiger partial charge in [-0.05, 0) is 68.9 Å². The van der Waals surface area contributed by atoms with Crippen molar-refractivity contribution in [3.05, 3.63) is 59.4 Å². The standard InChI is InChI=1S/C23H32N4O2.HI/c1-3-25-23(27-16-21(28)18-10-12-24-13-11-18)26-15-19-9-8-17(2)14-22(19)29-20-6-4-5-7-20;/h8-14,20-21,28H,3-7,15-16H2,1-2H3,(H2,25,26,27);1H. The molecule has 6 nitrogen and oxygen atoms in total. The molecular weight excluding hydrogens is 491 g/mol. The Morgan fingerprint density at radius 3 is 2.63 bits per heavy atom. The van der Waals surface area contributed by atoms with Crippen LogP contribution in [0, 0.1) is 6.92 Å². The van der Waals surface area contributed by atoms with Crippen molar-refractivity contribution in [1.82, 2.24) is 15.6 Å². The minimum atomic E-state index is -0.623. The van der Waals surface area contributed by atoms with Gasteiger partial charge < -0.3 is 20.5 Å². The maximum atomic E-state index is 10.4. The third kappa shape index (κ3) is 7.43. The van der Waals surface area contributed by atoms with Crippen LogP contribution in [0.1, 0.15) is 55.4 Å². The first-order chi connectivity index (χ1) is 14.2. The molecule has 1 aliphatic carbocycles. The third-order valence-electron chi connectivity index (χ3n) is 5.12. The summed E-state index contributed by atoms with van der Waals surface area (Å²) in [4.78, 5) is 8.69. The van der Waals surface area contributed by atoms with Crippen LogP contribution in [-0.2, 0) is 6.54 Å². The molecule has 30 heavy (non-hydrogen) atoms. The summed E-state index contributed by atoms with van der Waals surface area (Å²) in [5.74, 6) is 1.61. The van der Waals surface area contributed by atoms with Crippen molar-refractivity contribution in [2.75, 3.05) is 13.1 Å². The molecule has 1 aliphatic rings. The van der Waals surface area contributed by atoms with E-state index in [4.69, 9.17) is 9.73 Å². The fourth-order valence-corrected chi connectivity index (χ4v) is 3.49. The average molecular weight is 524 g/mol. The number of nitrogens with zero attached hydrogens (tertiary/aromatic N) is 2. The molecule has 3 rings (SSSR count). The van der Waals surface area contributed by atoms with Crippen LogP contribution in [0.2, 0.25) is 0 Å². The normalized spacial score (nSPS) is 15.4. The number of guanidine groups is 1. The predicted molar refractivity (Wildman–Crippen MR) is 131 cm³/mol. The lowest BCUT2D eigenvalue weighted by molar-refractivity contribution is 0.180. The molecule has 1 heterocycles. The van der Waals surface area contributed by atoms with Gasteiger partial charge in [0.05, 0.1) is 18.8 Å².